The van der Waals surface area contributed by atoms with Crippen LogP contribution in [-0.4, -0.2) is 51.4 Å². The van der Waals surface area contributed by atoms with Crippen molar-refractivity contribution in [1.29, 1.82) is 0 Å². The van der Waals surface area contributed by atoms with E-state index in [0.717, 1.165) is 16.7 Å². The first kappa shape index (κ1) is 18.0. The molecule has 0 unspecified atom stereocenters. The first-order valence-electron chi connectivity index (χ1n) is 9.71. The van der Waals surface area contributed by atoms with Gasteiger partial charge in [0.05, 0.1) is 13.2 Å². The minimum absolute atomic E-state index is 0.270. The Hall–Kier alpha value is -3.03. The zero-order chi connectivity index (χ0) is 19.8. The highest BCUT2D eigenvalue weighted by Gasteiger charge is 2.45. The molecule has 2 aliphatic rings. The van der Waals surface area contributed by atoms with E-state index in [1.54, 1.807) is 4.90 Å². The number of aromatic nitrogens is 2. The van der Waals surface area contributed by atoms with Crippen molar-refractivity contribution in [2.75, 3.05) is 19.7 Å². The molecule has 0 bridgehead atoms. The molecule has 7 heteroatoms. The van der Waals surface area contributed by atoms with Crippen LogP contribution in [0.2, 0.25) is 0 Å². The molecule has 0 radical (unpaired) electrons. The third-order valence-corrected chi connectivity index (χ3v) is 5.59. The first-order chi connectivity index (χ1) is 14.1. The summed E-state index contributed by atoms with van der Waals surface area (Å²) < 4.78 is 11.2. The molecule has 7 nitrogen and oxygen atoms in total. The van der Waals surface area contributed by atoms with Crippen molar-refractivity contribution in [3.05, 3.63) is 71.5 Å². The number of aliphatic hydroxyl groups is 1. The molecule has 1 aliphatic carbocycles. The number of amides is 1. The molecule has 0 saturated carbocycles. The topological polar surface area (TPSA) is 88.7 Å². The molecule has 1 amide bonds. The van der Waals surface area contributed by atoms with Crippen LogP contribution in [0, 0.1) is 0 Å². The van der Waals surface area contributed by atoms with Gasteiger partial charge < -0.3 is 19.3 Å². The summed E-state index contributed by atoms with van der Waals surface area (Å²) >= 11 is 0. The number of hydrogen-bond acceptors (Lipinski definition) is 6. The van der Waals surface area contributed by atoms with Crippen LogP contribution in [0.4, 0.5) is 0 Å². The molecule has 1 N–H and O–H groups in total. The van der Waals surface area contributed by atoms with Crippen molar-refractivity contribution in [1.82, 2.24) is 15.0 Å². The lowest BCUT2D eigenvalue weighted by molar-refractivity contribution is -0.158. The predicted octanol–water partition coefficient (Wildman–Crippen LogP) is 2.17. The minimum atomic E-state index is -1.40. The Kier molecular flexibility index (Phi) is 4.41. The first-order valence-corrected chi connectivity index (χ1v) is 9.71. The summed E-state index contributed by atoms with van der Waals surface area (Å²) in [7, 11) is 0. The highest BCUT2D eigenvalue weighted by Crippen LogP contribution is 2.33. The Labute approximate surface area is 167 Å². The van der Waals surface area contributed by atoms with E-state index in [1.165, 1.54) is 0 Å². The molecular formula is C22H21N3O4. The maximum atomic E-state index is 13.2. The van der Waals surface area contributed by atoms with Gasteiger partial charge in [-0.1, -0.05) is 47.6 Å². The van der Waals surface area contributed by atoms with Crippen LogP contribution >= 0.6 is 0 Å². The van der Waals surface area contributed by atoms with Gasteiger partial charge in [0.1, 0.15) is 6.10 Å². The van der Waals surface area contributed by atoms with Crippen LogP contribution in [0.5, 0.6) is 0 Å². The predicted molar refractivity (Wildman–Crippen MR) is 104 cm³/mol. The van der Waals surface area contributed by atoms with E-state index >= 15 is 0 Å². The molecule has 0 spiro atoms. The quantitative estimate of drug-likeness (QED) is 0.736. The highest BCUT2D eigenvalue weighted by molar-refractivity contribution is 5.87. The Balaban J connectivity index is 1.31. The largest absolute Gasteiger partial charge is 0.379 e. The summed E-state index contributed by atoms with van der Waals surface area (Å²) in [6, 6.07) is 17.3. The Morgan fingerprint density at radius 2 is 1.76 bits per heavy atom. The normalized spacial score (nSPS) is 20.4. The van der Waals surface area contributed by atoms with Crippen LogP contribution in [0.15, 0.2) is 59.1 Å². The number of fused-ring (bicyclic) bond motifs is 1. The van der Waals surface area contributed by atoms with Crippen LogP contribution in [-0.2, 0) is 22.4 Å². The highest BCUT2D eigenvalue weighted by atomic mass is 16.5. The summed E-state index contributed by atoms with van der Waals surface area (Å²) in [6.07, 6.45) is 0.190. The van der Waals surface area contributed by atoms with Crippen molar-refractivity contribution in [3.63, 3.8) is 0 Å². The maximum Gasteiger partial charge on any atom is 0.258 e. The second kappa shape index (κ2) is 7.09. The third-order valence-electron chi connectivity index (χ3n) is 5.59. The van der Waals surface area contributed by atoms with Gasteiger partial charge in [0, 0.05) is 24.9 Å². The van der Waals surface area contributed by atoms with E-state index in [4.69, 9.17) is 9.26 Å². The molecule has 148 valence electrons. The van der Waals surface area contributed by atoms with Gasteiger partial charge >= 0.3 is 0 Å². The molecule has 3 aromatic rings. The second-order valence-electron chi connectivity index (χ2n) is 7.59. The van der Waals surface area contributed by atoms with Crippen molar-refractivity contribution in [2.45, 2.75) is 24.5 Å². The molecule has 1 aromatic heterocycles. The third kappa shape index (κ3) is 3.32. The van der Waals surface area contributed by atoms with Crippen molar-refractivity contribution in [3.8, 4) is 11.5 Å². The lowest BCUT2D eigenvalue weighted by Gasteiger charge is -2.35. The molecule has 1 saturated heterocycles. The average Bonchev–Trinajstić information content (AvgIpc) is 3.39. The zero-order valence-electron chi connectivity index (χ0n) is 15.8. The number of carbonyl (C=O) groups excluding carboxylic acids is 1. The van der Waals surface area contributed by atoms with E-state index in [2.05, 4.69) is 10.1 Å². The van der Waals surface area contributed by atoms with Gasteiger partial charge in [-0.15, -0.1) is 0 Å². The van der Waals surface area contributed by atoms with Crippen LogP contribution in [0.3, 0.4) is 0 Å². The summed E-state index contributed by atoms with van der Waals surface area (Å²) in [4.78, 5) is 19.2. The van der Waals surface area contributed by atoms with Crippen molar-refractivity contribution in [2.24, 2.45) is 0 Å². The van der Waals surface area contributed by atoms with E-state index in [9.17, 15) is 9.90 Å². The molecule has 2 heterocycles. The fraction of sp³-hybridized carbons (Fsp3) is 0.318. The van der Waals surface area contributed by atoms with Crippen molar-refractivity contribution < 1.29 is 19.2 Å². The van der Waals surface area contributed by atoms with Crippen LogP contribution < -0.4 is 0 Å². The number of morpholine rings is 1. The standard InChI is InChI=1S/C22H21N3O4/c26-21(22(27)12-16-8-4-5-9-17(16)13-22)25-10-11-28-18(14-25)19-23-20(29-24-19)15-6-2-1-3-7-15/h1-9,18,27H,10-14H2/t18-/m1/s1. The van der Waals surface area contributed by atoms with Crippen LogP contribution in [0.1, 0.15) is 23.1 Å². The average molecular weight is 391 g/mol. The number of benzene rings is 2. The monoisotopic (exact) mass is 391 g/mol. The van der Waals surface area contributed by atoms with Crippen LogP contribution in [0.25, 0.3) is 11.5 Å². The maximum absolute atomic E-state index is 13.2. The Bertz CT molecular complexity index is 1010. The van der Waals surface area contributed by atoms with Gasteiger partial charge in [-0.2, -0.15) is 4.98 Å². The van der Waals surface area contributed by atoms with Gasteiger partial charge in [0.2, 0.25) is 5.82 Å². The van der Waals surface area contributed by atoms with Gasteiger partial charge in [-0.3, -0.25) is 4.79 Å². The smallest absolute Gasteiger partial charge is 0.258 e. The van der Waals surface area contributed by atoms with Gasteiger partial charge in [-0.25, -0.2) is 0 Å². The molecule has 1 aliphatic heterocycles. The molecule has 5 rings (SSSR count). The fourth-order valence-corrected chi connectivity index (χ4v) is 4.09. The molecule has 1 fully saturated rings. The summed E-state index contributed by atoms with van der Waals surface area (Å²) in [6.45, 7) is 1.07. The van der Waals surface area contributed by atoms with E-state index in [1.807, 2.05) is 54.6 Å². The van der Waals surface area contributed by atoms with Gasteiger partial charge in [0.25, 0.3) is 11.8 Å². The minimum Gasteiger partial charge on any atom is -0.379 e. The fourth-order valence-electron chi connectivity index (χ4n) is 4.09. The van der Waals surface area contributed by atoms with Gasteiger partial charge in [-0.05, 0) is 23.3 Å². The number of carbonyl (C=O) groups is 1. The summed E-state index contributed by atoms with van der Waals surface area (Å²) in [5.74, 6) is 0.550. The molecule has 1 atom stereocenters. The van der Waals surface area contributed by atoms with Gasteiger partial charge in [0.15, 0.2) is 5.60 Å². The Morgan fingerprint density at radius 1 is 1.07 bits per heavy atom. The molecular weight excluding hydrogens is 370 g/mol. The lowest BCUT2D eigenvalue weighted by Crippen LogP contribution is -2.53. The zero-order valence-corrected chi connectivity index (χ0v) is 15.8. The van der Waals surface area contributed by atoms with E-state index in [0.29, 0.717) is 37.7 Å². The second-order valence-corrected chi connectivity index (χ2v) is 7.59. The summed E-state index contributed by atoms with van der Waals surface area (Å²) in [5, 5.41) is 15.1. The molecule has 2 aromatic carbocycles. The number of hydrogen-bond donors (Lipinski definition) is 1. The number of ether oxygens (including phenoxy) is 1. The summed E-state index contributed by atoms with van der Waals surface area (Å²) in [5.41, 5.74) is 1.48. The SMILES string of the molecule is O=C(N1CCO[C@@H](c2noc(-c3ccccc3)n2)C1)C1(O)Cc2ccccc2C1. The van der Waals surface area contributed by atoms with E-state index in [-0.39, 0.29) is 12.5 Å². The number of rotatable bonds is 3. The molecule has 29 heavy (non-hydrogen) atoms. The van der Waals surface area contributed by atoms with E-state index < -0.39 is 11.7 Å². The lowest BCUT2D eigenvalue weighted by atomic mass is 9.98. The Morgan fingerprint density at radius 3 is 2.48 bits per heavy atom. The number of nitrogens with zero attached hydrogens (tertiary/aromatic N) is 3. The van der Waals surface area contributed by atoms with Crippen molar-refractivity contribution >= 4 is 5.91 Å².